The summed E-state index contributed by atoms with van der Waals surface area (Å²) in [6.07, 6.45) is 2.12. The van der Waals surface area contributed by atoms with Crippen molar-refractivity contribution in [2.45, 2.75) is 39.3 Å². The molecule has 0 saturated carbocycles. The Labute approximate surface area is 165 Å². The highest BCUT2D eigenvalue weighted by molar-refractivity contribution is 6.32. The second-order valence-corrected chi connectivity index (χ2v) is 6.63. The first-order valence-electron chi connectivity index (χ1n) is 9.19. The lowest BCUT2D eigenvalue weighted by Gasteiger charge is -2.20. The van der Waals surface area contributed by atoms with E-state index < -0.39 is 5.91 Å². The fraction of sp³-hybridized carbons (Fsp3) is 0.381. The van der Waals surface area contributed by atoms with E-state index in [0.29, 0.717) is 29.7 Å². The smallest absolute Gasteiger partial charge is 0.255 e. The number of ether oxygens (including phenoxy) is 2. The Morgan fingerprint density at radius 1 is 1.19 bits per heavy atom. The van der Waals surface area contributed by atoms with Gasteiger partial charge in [-0.15, -0.1) is 0 Å². The molecule has 1 amide bonds. The van der Waals surface area contributed by atoms with Crippen LogP contribution in [-0.4, -0.2) is 19.1 Å². The Morgan fingerprint density at radius 3 is 2.56 bits per heavy atom. The van der Waals surface area contributed by atoms with E-state index in [2.05, 4.69) is 36.5 Å². The molecule has 1 unspecified atom stereocenters. The Balaban J connectivity index is 2.16. The molecule has 0 radical (unpaired) electrons. The molecule has 6 heteroatoms. The fourth-order valence-corrected chi connectivity index (χ4v) is 3.16. The van der Waals surface area contributed by atoms with Gasteiger partial charge in [0.1, 0.15) is 0 Å². The Morgan fingerprint density at radius 2 is 1.93 bits per heavy atom. The Hall–Kier alpha value is -2.24. The largest absolute Gasteiger partial charge is 0.490 e. The number of nitrogens with one attached hydrogen (secondary N) is 1. The molecule has 2 rings (SSSR count). The molecule has 0 aromatic heterocycles. The van der Waals surface area contributed by atoms with E-state index in [1.807, 2.05) is 25.1 Å². The van der Waals surface area contributed by atoms with Crippen LogP contribution in [-0.2, 0) is 11.3 Å². The van der Waals surface area contributed by atoms with Crippen LogP contribution in [0.1, 0.15) is 43.9 Å². The van der Waals surface area contributed by atoms with Crippen molar-refractivity contribution in [3.63, 3.8) is 0 Å². The third-order valence-electron chi connectivity index (χ3n) is 4.06. The molecule has 5 nitrogen and oxygen atoms in total. The molecule has 1 atom stereocenters. The van der Waals surface area contributed by atoms with Crippen molar-refractivity contribution in [3.05, 3.63) is 58.6 Å². The minimum Gasteiger partial charge on any atom is -0.490 e. The number of nitrogens with two attached hydrogens (primary N) is 1. The van der Waals surface area contributed by atoms with E-state index in [1.54, 1.807) is 0 Å². The van der Waals surface area contributed by atoms with Crippen molar-refractivity contribution < 1.29 is 14.3 Å². The van der Waals surface area contributed by atoms with Gasteiger partial charge in [0.25, 0.3) is 5.91 Å². The highest BCUT2D eigenvalue weighted by Crippen LogP contribution is 2.37. The fourth-order valence-electron chi connectivity index (χ4n) is 2.87. The van der Waals surface area contributed by atoms with Crippen molar-refractivity contribution in [2.24, 2.45) is 5.73 Å². The monoisotopic (exact) mass is 390 g/mol. The van der Waals surface area contributed by atoms with Crippen LogP contribution in [0.15, 0.2) is 42.5 Å². The summed E-state index contributed by atoms with van der Waals surface area (Å²) in [5.41, 5.74) is 7.39. The van der Waals surface area contributed by atoms with Gasteiger partial charge in [0.2, 0.25) is 0 Å². The molecule has 0 aliphatic rings. The first-order valence-corrected chi connectivity index (χ1v) is 9.57. The normalized spacial score (nSPS) is 11.8. The van der Waals surface area contributed by atoms with Gasteiger partial charge in [-0.1, -0.05) is 55.3 Å². The third kappa shape index (κ3) is 6.45. The van der Waals surface area contributed by atoms with Gasteiger partial charge in [-0.3, -0.25) is 4.79 Å². The quantitative estimate of drug-likeness (QED) is 0.602. The second-order valence-electron chi connectivity index (χ2n) is 6.23. The molecule has 0 fully saturated rings. The number of benzene rings is 2. The number of hydrogen-bond donors (Lipinski definition) is 2. The summed E-state index contributed by atoms with van der Waals surface area (Å²) in [4.78, 5) is 11.0. The summed E-state index contributed by atoms with van der Waals surface area (Å²) in [7, 11) is 0. The average Bonchev–Trinajstić information content (AvgIpc) is 2.65. The van der Waals surface area contributed by atoms with Gasteiger partial charge in [-0.05, 0) is 36.6 Å². The molecule has 0 heterocycles. The van der Waals surface area contributed by atoms with Gasteiger partial charge in [-0.25, -0.2) is 0 Å². The van der Waals surface area contributed by atoms with Crippen LogP contribution in [0, 0.1) is 0 Å². The van der Waals surface area contributed by atoms with Crippen LogP contribution in [0.25, 0.3) is 0 Å². The molecule has 3 N–H and O–H groups in total. The lowest BCUT2D eigenvalue weighted by Crippen LogP contribution is -2.21. The van der Waals surface area contributed by atoms with E-state index in [1.165, 1.54) is 5.56 Å². The molecular formula is C21H27ClN2O3. The van der Waals surface area contributed by atoms with Crippen molar-refractivity contribution >= 4 is 17.5 Å². The van der Waals surface area contributed by atoms with Gasteiger partial charge >= 0.3 is 0 Å². The predicted octanol–water partition coefficient (Wildman–Crippen LogP) is 4.23. The number of primary amides is 1. The van der Waals surface area contributed by atoms with E-state index in [4.69, 9.17) is 26.8 Å². The first-order chi connectivity index (χ1) is 13.0. The molecule has 146 valence electrons. The lowest BCUT2D eigenvalue weighted by molar-refractivity contribution is -0.119. The second kappa shape index (κ2) is 10.8. The summed E-state index contributed by atoms with van der Waals surface area (Å²) in [5, 5.41) is 3.98. The van der Waals surface area contributed by atoms with E-state index in [0.717, 1.165) is 18.4 Å². The van der Waals surface area contributed by atoms with Crippen LogP contribution in [0.4, 0.5) is 0 Å². The average molecular weight is 391 g/mol. The molecule has 0 aliphatic heterocycles. The minimum atomic E-state index is -0.565. The Kier molecular flexibility index (Phi) is 8.43. The van der Waals surface area contributed by atoms with Crippen molar-refractivity contribution in [3.8, 4) is 11.5 Å². The molecular weight excluding hydrogens is 364 g/mol. The lowest BCUT2D eigenvalue weighted by atomic mass is 10.0. The topological polar surface area (TPSA) is 73.6 Å². The third-order valence-corrected chi connectivity index (χ3v) is 4.34. The first kappa shape index (κ1) is 21.1. The molecule has 27 heavy (non-hydrogen) atoms. The maximum atomic E-state index is 11.0. The van der Waals surface area contributed by atoms with Crippen LogP contribution in [0.5, 0.6) is 11.5 Å². The SMILES string of the molecule is CCCC(NCc1cc(Cl)c(OCC(N)=O)c(OCC)c1)c1ccccc1. The molecule has 2 aromatic carbocycles. The maximum Gasteiger partial charge on any atom is 0.255 e. The minimum absolute atomic E-state index is 0.246. The van der Waals surface area contributed by atoms with Crippen molar-refractivity contribution in [2.75, 3.05) is 13.2 Å². The number of rotatable bonds is 11. The highest BCUT2D eigenvalue weighted by Gasteiger charge is 2.15. The van der Waals surface area contributed by atoms with Crippen LogP contribution in [0.3, 0.4) is 0 Å². The van der Waals surface area contributed by atoms with Gasteiger partial charge in [-0.2, -0.15) is 0 Å². The van der Waals surface area contributed by atoms with Crippen LogP contribution >= 0.6 is 11.6 Å². The highest BCUT2D eigenvalue weighted by atomic mass is 35.5. The summed E-state index contributed by atoms with van der Waals surface area (Å²) in [6, 6.07) is 14.3. The van der Waals surface area contributed by atoms with Crippen molar-refractivity contribution in [1.82, 2.24) is 5.32 Å². The number of carbonyl (C=O) groups is 1. The summed E-state index contributed by atoms with van der Waals surface area (Å²) in [5.74, 6) is 0.286. The van der Waals surface area contributed by atoms with Crippen molar-refractivity contribution in [1.29, 1.82) is 0 Å². The van der Waals surface area contributed by atoms with Gasteiger partial charge in [0, 0.05) is 12.6 Å². The molecule has 0 aliphatic carbocycles. The summed E-state index contributed by atoms with van der Waals surface area (Å²) >= 11 is 6.36. The standard InChI is InChI=1S/C21H27ClN2O3/c1-3-8-18(16-9-6-5-7-10-16)24-13-15-11-17(22)21(27-14-20(23)25)19(12-15)26-4-2/h5-7,9-12,18,24H,3-4,8,13-14H2,1-2H3,(H2,23,25). The van der Waals surface area contributed by atoms with E-state index in [9.17, 15) is 4.79 Å². The zero-order valence-electron chi connectivity index (χ0n) is 15.8. The molecule has 0 saturated heterocycles. The maximum absolute atomic E-state index is 11.0. The summed E-state index contributed by atoms with van der Waals surface area (Å²) < 4.78 is 11.1. The van der Waals surface area contributed by atoms with Crippen LogP contribution < -0.4 is 20.5 Å². The van der Waals surface area contributed by atoms with Gasteiger partial charge in [0.05, 0.1) is 11.6 Å². The molecule has 2 aromatic rings. The number of amides is 1. The molecule has 0 spiro atoms. The van der Waals surface area contributed by atoms with E-state index >= 15 is 0 Å². The van der Waals surface area contributed by atoms with Crippen LogP contribution in [0.2, 0.25) is 5.02 Å². The van der Waals surface area contributed by atoms with E-state index in [-0.39, 0.29) is 12.6 Å². The number of hydrogen-bond acceptors (Lipinski definition) is 4. The van der Waals surface area contributed by atoms with Gasteiger partial charge < -0.3 is 20.5 Å². The zero-order chi connectivity index (χ0) is 19.6. The number of halogens is 1. The molecule has 0 bridgehead atoms. The Bertz CT molecular complexity index is 738. The summed E-state index contributed by atoms with van der Waals surface area (Å²) in [6.45, 7) is 4.90. The zero-order valence-corrected chi connectivity index (χ0v) is 16.6. The van der Waals surface area contributed by atoms with Gasteiger partial charge in [0.15, 0.2) is 18.1 Å². The predicted molar refractivity (Wildman–Crippen MR) is 108 cm³/mol. The number of carbonyl (C=O) groups excluding carboxylic acids is 1.